The minimum absolute atomic E-state index is 0.207. The molecule has 3 atom stereocenters. The molecule has 0 aliphatic heterocycles. The van der Waals surface area contributed by atoms with E-state index in [1.807, 2.05) is 6.92 Å². The van der Waals surface area contributed by atoms with E-state index < -0.39 is 5.41 Å². The summed E-state index contributed by atoms with van der Waals surface area (Å²) >= 11 is 0. The third-order valence-corrected chi connectivity index (χ3v) is 6.76. The highest BCUT2D eigenvalue weighted by Gasteiger charge is 2.48. The molecule has 0 N–H and O–H groups in total. The molecule has 0 radical (unpaired) electrons. The van der Waals surface area contributed by atoms with Crippen LogP contribution in [0.5, 0.6) is 0 Å². The maximum absolute atomic E-state index is 12.9. The Balaban J connectivity index is 2.43. The highest BCUT2D eigenvalue weighted by atomic mass is 16.5. The Kier molecular flexibility index (Phi) is 12.8. The Morgan fingerprint density at radius 3 is 2.26 bits per heavy atom. The van der Waals surface area contributed by atoms with Crippen molar-refractivity contribution in [1.82, 2.24) is 0 Å². The van der Waals surface area contributed by atoms with Gasteiger partial charge < -0.3 is 9.47 Å². The van der Waals surface area contributed by atoms with Crippen molar-refractivity contribution in [3.63, 3.8) is 0 Å². The molecular formula is C27H50O4. The molecule has 1 aliphatic rings. The van der Waals surface area contributed by atoms with Crippen LogP contribution in [0.4, 0.5) is 0 Å². The van der Waals surface area contributed by atoms with Gasteiger partial charge in [0.1, 0.15) is 0 Å². The van der Waals surface area contributed by atoms with Crippen LogP contribution in [0.25, 0.3) is 0 Å². The van der Waals surface area contributed by atoms with Gasteiger partial charge in [-0.1, -0.05) is 86.0 Å². The van der Waals surface area contributed by atoms with Crippen LogP contribution < -0.4 is 0 Å². The van der Waals surface area contributed by atoms with E-state index in [2.05, 4.69) is 34.6 Å². The zero-order valence-electron chi connectivity index (χ0n) is 21.4. The van der Waals surface area contributed by atoms with Gasteiger partial charge in [-0.05, 0) is 50.4 Å². The molecular weight excluding hydrogens is 388 g/mol. The van der Waals surface area contributed by atoms with Gasteiger partial charge >= 0.3 is 11.9 Å². The fourth-order valence-corrected chi connectivity index (χ4v) is 4.95. The molecule has 1 rings (SSSR count). The Morgan fingerprint density at radius 1 is 0.968 bits per heavy atom. The summed E-state index contributed by atoms with van der Waals surface area (Å²) in [6, 6.07) is 0. The van der Waals surface area contributed by atoms with E-state index in [1.165, 1.54) is 32.1 Å². The van der Waals surface area contributed by atoms with Crippen molar-refractivity contribution in [2.75, 3.05) is 13.2 Å². The summed E-state index contributed by atoms with van der Waals surface area (Å²) in [6.07, 6.45) is 13.7. The lowest BCUT2D eigenvalue weighted by Crippen LogP contribution is -2.44. The van der Waals surface area contributed by atoms with Gasteiger partial charge in [0.25, 0.3) is 0 Å². The minimum Gasteiger partial charge on any atom is -0.465 e. The summed E-state index contributed by atoms with van der Waals surface area (Å²) < 4.78 is 11.3. The van der Waals surface area contributed by atoms with E-state index in [1.54, 1.807) is 0 Å². The summed E-state index contributed by atoms with van der Waals surface area (Å²) in [4.78, 5) is 25.8. The van der Waals surface area contributed by atoms with Crippen LogP contribution >= 0.6 is 0 Å². The Morgan fingerprint density at radius 2 is 1.61 bits per heavy atom. The number of hydrogen-bond acceptors (Lipinski definition) is 4. The van der Waals surface area contributed by atoms with Crippen molar-refractivity contribution in [3.8, 4) is 0 Å². The first-order valence-corrected chi connectivity index (χ1v) is 12.9. The molecule has 3 unspecified atom stereocenters. The fraction of sp³-hybridized carbons (Fsp3) is 0.926. The zero-order chi connectivity index (χ0) is 23.3. The predicted octanol–water partition coefficient (Wildman–Crippen LogP) is 7.48. The Hall–Kier alpha value is -1.06. The quantitative estimate of drug-likeness (QED) is 0.208. The summed E-state index contributed by atoms with van der Waals surface area (Å²) in [5, 5.41) is 0. The highest BCUT2D eigenvalue weighted by molar-refractivity contribution is 5.85. The topological polar surface area (TPSA) is 52.6 Å². The predicted molar refractivity (Wildman–Crippen MR) is 128 cm³/mol. The van der Waals surface area contributed by atoms with Crippen LogP contribution in [-0.2, 0) is 19.1 Å². The second kappa shape index (κ2) is 14.2. The van der Waals surface area contributed by atoms with Gasteiger partial charge in [0.15, 0.2) is 0 Å². The molecule has 182 valence electrons. The van der Waals surface area contributed by atoms with E-state index in [0.717, 1.165) is 44.9 Å². The Bertz CT molecular complexity index is 522. The van der Waals surface area contributed by atoms with E-state index in [9.17, 15) is 9.59 Å². The number of hydrogen-bond donors (Lipinski definition) is 0. The lowest BCUT2D eigenvalue weighted by molar-refractivity contribution is -0.172. The number of rotatable bonds is 14. The zero-order valence-corrected chi connectivity index (χ0v) is 21.4. The average Bonchev–Trinajstić information content (AvgIpc) is 2.68. The van der Waals surface area contributed by atoms with E-state index in [4.69, 9.17) is 9.47 Å². The molecule has 0 amide bonds. The molecule has 0 bridgehead atoms. The van der Waals surface area contributed by atoms with Crippen LogP contribution in [0.15, 0.2) is 0 Å². The largest absolute Gasteiger partial charge is 0.465 e. The lowest BCUT2D eigenvalue weighted by atomic mass is 9.67. The summed E-state index contributed by atoms with van der Waals surface area (Å²) in [5.41, 5.74) is -0.460. The van der Waals surface area contributed by atoms with Gasteiger partial charge in [-0.2, -0.15) is 0 Å². The number of carbonyl (C=O) groups excluding carboxylic acids is 2. The van der Waals surface area contributed by atoms with Crippen molar-refractivity contribution < 1.29 is 19.1 Å². The average molecular weight is 439 g/mol. The summed E-state index contributed by atoms with van der Waals surface area (Å²) in [5.74, 6) is -0.280. The maximum Gasteiger partial charge on any atom is 0.312 e. The van der Waals surface area contributed by atoms with Gasteiger partial charge in [0.2, 0.25) is 0 Å². The van der Waals surface area contributed by atoms with Gasteiger partial charge in [-0.3, -0.25) is 9.59 Å². The molecule has 0 aromatic heterocycles. The number of carbonyl (C=O) groups is 2. The van der Waals surface area contributed by atoms with Crippen LogP contribution in [0.2, 0.25) is 0 Å². The van der Waals surface area contributed by atoms with Crippen LogP contribution in [-0.4, -0.2) is 25.2 Å². The van der Waals surface area contributed by atoms with Gasteiger partial charge in [-0.25, -0.2) is 0 Å². The van der Waals surface area contributed by atoms with Crippen molar-refractivity contribution in [1.29, 1.82) is 0 Å². The third kappa shape index (κ3) is 10.9. The van der Waals surface area contributed by atoms with Crippen molar-refractivity contribution in [2.45, 2.75) is 125 Å². The van der Waals surface area contributed by atoms with Crippen molar-refractivity contribution >= 4 is 11.9 Å². The second-order valence-electron chi connectivity index (χ2n) is 11.3. The monoisotopic (exact) mass is 438 g/mol. The van der Waals surface area contributed by atoms with Crippen LogP contribution in [0, 0.1) is 22.7 Å². The molecule has 31 heavy (non-hydrogen) atoms. The molecule has 0 aromatic rings. The van der Waals surface area contributed by atoms with Gasteiger partial charge in [-0.15, -0.1) is 0 Å². The molecule has 1 aliphatic carbocycles. The normalized spacial score (nSPS) is 22.7. The molecule has 0 spiro atoms. The highest BCUT2D eigenvalue weighted by Crippen LogP contribution is 2.43. The SMILES string of the molecule is CCCCCCCCCOC(=O)C1(C)CCCCC1C(=O)OCCC(C)CC(C)(C)C. The number of esters is 2. The standard InChI is InChI=1S/C27H50O4/c1-7-8-9-10-11-12-15-19-31-25(29)27(6)18-14-13-16-23(27)24(28)30-20-17-22(2)21-26(3,4)5/h22-23H,7-21H2,1-6H3. The first-order chi connectivity index (χ1) is 14.6. The molecule has 1 fully saturated rings. The van der Waals surface area contributed by atoms with Crippen molar-refractivity contribution in [3.05, 3.63) is 0 Å². The Labute approximate surface area is 192 Å². The van der Waals surface area contributed by atoms with Gasteiger partial charge in [0, 0.05) is 0 Å². The first-order valence-electron chi connectivity index (χ1n) is 12.9. The summed E-state index contributed by atoms with van der Waals surface area (Å²) in [7, 11) is 0. The lowest BCUT2D eigenvalue weighted by Gasteiger charge is -2.37. The minimum atomic E-state index is -0.743. The smallest absolute Gasteiger partial charge is 0.312 e. The third-order valence-electron chi connectivity index (χ3n) is 6.76. The van der Waals surface area contributed by atoms with E-state index >= 15 is 0 Å². The van der Waals surface area contributed by atoms with E-state index in [-0.39, 0.29) is 23.3 Å². The first kappa shape index (κ1) is 28.0. The molecule has 0 saturated heterocycles. The molecule has 4 nitrogen and oxygen atoms in total. The van der Waals surface area contributed by atoms with Crippen LogP contribution in [0.3, 0.4) is 0 Å². The van der Waals surface area contributed by atoms with Crippen LogP contribution in [0.1, 0.15) is 125 Å². The fourth-order valence-electron chi connectivity index (χ4n) is 4.95. The molecule has 0 aromatic carbocycles. The maximum atomic E-state index is 12.9. The summed E-state index contributed by atoms with van der Waals surface area (Å²) in [6.45, 7) is 14.0. The number of unbranched alkanes of at least 4 members (excludes halogenated alkanes) is 6. The molecule has 4 heteroatoms. The second-order valence-corrected chi connectivity index (χ2v) is 11.3. The van der Waals surface area contributed by atoms with Gasteiger partial charge in [0.05, 0.1) is 24.5 Å². The number of ether oxygens (including phenoxy) is 2. The molecule has 0 heterocycles. The van der Waals surface area contributed by atoms with E-state index in [0.29, 0.717) is 25.6 Å². The molecule has 1 saturated carbocycles. The van der Waals surface area contributed by atoms with Crippen molar-refractivity contribution in [2.24, 2.45) is 22.7 Å².